The Bertz CT molecular complexity index is 1420. The van der Waals surface area contributed by atoms with Crippen LogP contribution in [0.4, 0.5) is 0 Å². The quantitative estimate of drug-likeness (QED) is 0.397. The van der Waals surface area contributed by atoms with Crippen molar-refractivity contribution in [2.75, 3.05) is 40.5 Å². The molecule has 35 heavy (non-hydrogen) atoms. The SMILES string of the molecule is COc1cc2cc3c(c(-c4ccc5c(CN6CCOCC6)c[nH]c5c4)c2cc1OC)C(=O)OC3.Cl. The lowest BCUT2D eigenvalue weighted by Gasteiger charge is -2.26. The van der Waals surface area contributed by atoms with Gasteiger partial charge in [-0.15, -0.1) is 12.4 Å². The van der Waals surface area contributed by atoms with Crippen LogP contribution in [0.5, 0.6) is 11.5 Å². The molecule has 0 radical (unpaired) electrons. The van der Waals surface area contributed by atoms with Crippen LogP contribution in [-0.2, 0) is 22.6 Å². The van der Waals surface area contributed by atoms with Crippen molar-refractivity contribution in [3.8, 4) is 22.6 Å². The predicted octanol–water partition coefficient (Wildman–Crippen LogP) is 4.93. The molecular formula is C27H27ClN2O5. The molecule has 1 fully saturated rings. The summed E-state index contributed by atoms with van der Waals surface area (Å²) in [5.41, 5.74) is 5.64. The number of H-pyrrole nitrogens is 1. The van der Waals surface area contributed by atoms with Crippen molar-refractivity contribution < 1.29 is 23.7 Å². The van der Waals surface area contributed by atoms with Crippen molar-refractivity contribution in [1.82, 2.24) is 9.88 Å². The number of esters is 1. The highest BCUT2D eigenvalue weighted by Gasteiger charge is 2.28. The van der Waals surface area contributed by atoms with Gasteiger partial charge in [-0.2, -0.15) is 0 Å². The molecule has 0 saturated carbocycles. The van der Waals surface area contributed by atoms with Crippen molar-refractivity contribution in [2.45, 2.75) is 13.2 Å². The topological polar surface area (TPSA) is 73.0 Å². The minimum absolute atomic E-state index is 0. The molecule has 7 nitrogen and oxygen atoms in total. The summed E-state index contributed by atoms with van der Waals surface area (Å²) < 4.78 is 22.0. The highest BCUT2D eigenvalue weighted by Crippen LogP contribution is 2.43. The normalized spacial score (nSPS) is 15.7. The van der Waals surface area contributed by atoms with Crippen LogP contribution in [-0.4, -0.2) is 56.4 Å². The standard InChI is InChI=1S/C27H26N2O5.ClH/c1-31-23-11-17-9-18-15-34-27(30)26(18)25(21(17)12-24(23)32-2)16-3-4-20-19(13-28-22(20)10-16)14-29-5-7-33-8-6-29;/h3-4,9-13,28H,5-8,14-15H2,1-2H3;1H. The van der Waals surface area contributed by atoms with Gasteiger partial charge in [0.25, 0.3) is 0 Å². The van der Waals surface area contributed by atoms with E-state index in [1.807, 2.05) is 18.2 Å². The minimum atomic E-state index is -0.290. The fraction of sp³-hybridized carbons (Fsp3) is 0.296. The number of nitrogens with zero attached hydrogens (tertiary/aromatic N) is 1. The van der Waals surface area contributed by atoms with Crippen molar-refractivity contribution in [3.63, 3.8) is 0 Å². The number of morpholine rings is 1. The maximum absolute atomic E-state index is 12.8. The van der Waals surface area contributed by atoms with Crippen molar-refractivity contribution in [2.24, 2.45) is 0 Å². The van der Waals surface area contributed by atoms with E-state index in [1.165, 1.54) is 10.9 Å². The number of carbonyl (C=O) groups excluding carboxylic acids is 1. The highest BCUT2D eigenvalue weighted by atomic mass is 35.5. The van der Waals surface area contributed by atoms with Gasteiger partial charge in [0.1, 0.15) is 6.61 Å². The van der Waals surface area contributed by atoms with Gasteiger partial charge in [-0.05, 0) is 46.2 Å². The van der Waals surface area contributed by atoms with Crippen LogP contribution in [0.2, 0.25) is 0 Å². The molecule has 1 aromatic heterocycles. The number of aromatic amines is 1. The number of halogens is 1. The van der Waals surface area contributed by atoms with E-state index >= 15 is 0 Å². The third kappa shape index (κ3) is 3.99. The number of carbonyl (C=O) groups is 1. The van der Waals surface area contributed by atoms with E-state index in [0.29, 0.717) is 17.1 Å². The molecule has 0 atom stereocenters. The molecule has 6 rings (SSSR count). The van der Waals surface area contributed by atoms with Crippen molar-refractivity contribution in [3.05, 3.63) is 59.3 Å². The first-order valence-corrected chi connectivity index (χ1v) is 11.5. The third-order valence-electron chi connectivity index (χ3n) is 6.84. The van der Waals surface area contributed by atoms with Gasteiger partial charge >= 0.3 is 5.97 Å². The number of nitrogens with one attached hydrogen (secondary N) is 1. The molecule has 0 spiro atoms. The third-order valence-corrected chi connectivity index (χ3v) is 6.84. The maximum atomic E-state index is 12.8. The molecule has 0 amide bonds. The number of fused-ring (bicyclic) bond motifs is 3. The molecule has 3 aromatic carbocycles. The lowest BCUT2D eigenvalue weighted by molar-refractivity contribution is 0.0343. The smallest absolute Gasteiger partial charge is 0.339 e. The van der Waals surface area contributed by atoms with E-state index in [2.05, 4.69) is 34.3 Å². The monoisotopic (exact) mass is 494 g/mol. The molecule has 4 aromatic rings. The molecule has 2 aliphatic heterocycles. The average Bonchev–Trinajstić information content (AvgIpc) is 3.45. The lowest BCUT2D eigenvalue weighted by Crippen LogP contribution is -2.35. The first-order chi connectivity index (χ1) is 16.7. The molecular weight excluding hydrogens is 468 g/mol. The second kappa shape index (κ2) is 9.41. The van der Waals surface area contributed by atoms with Crippen LogP contribution in [0.3, 0.4) is 0 Å². The fourth-order valence-electron chi connectivity index (χ4n) is 5.12. The van der Waals surface area contributed by atoms with Crippen LogP contribution in [0.1, 0.15) is 21.5 Å². The zero-order chi connectivity index (χ0) is 23.2. The van der Waals surface area contributed by atoms with Crippen LogP contribution in [0.15, 0.2) is 42.6 Å². The molecule has 1 saturated heterocycles. The summed E-state index contributed by atoms with van der Waals surface area (Å²) in [7, 11) is 3.24. The van der Waals surface area contributed by atoms with Crippen LogP contribution < -0.4 is 9.47 Å². The maximum Gasteiger partial charge on any atom is 0.339 e. The Morgan fingerprint density at radius 3 is 2.51 bits per heavy atom. The second-order valence-electron chi connectivity index (χ2n) is 8.75. The molecule has 8 heteroatoms. The van der Waals surface area contributed by atoms with Gasteiger partial charge in [-0.25, -0.2) is 4.79 Å². The summed E-state index contributed by atoms with van der Waals surface area (Å²) >= 11 is 0. The summed E-state index contributed by atoms with van der Waals surface area (Å²) in [5.74, 6) is 0.983. The van der Waals surface area contributed by atoms with Gasteiger partial charge in [0.15, 0.2) is 11.5 Å². The Balaban J connectivity index is 0.00000253. The summed E-state index contributed by atoms with van der Waals surface area (Å²) in [4.78, 5) is 18.6. The molecule has 0 bridgehead atoms. The Morgan fingerprint density at radius 1 is 0.971 bits per heavy atom. The van der Waals surface area contributed by atoms with Crippen molar-refractivity contribution in [1.29, 1.82) is 0 Å². The number of hydrogen-bond acceptors (Lipinski definition) is 6. The number of rotatable bonds is 5. The fourth-order valence-corrected chi connectivity index (χ4v) is 5.12. The molecule has 1 N–H and O–H groups in total. The van der Waals surface area contributed by atoms with E-state index in [0.717, 1.165) is 65.8 Å². The largest absolute Gasteiger partial charge is 0.493 e. The van der Waals surface area contributed by atoms with Gasteiger partial charge in [0.2, 0.25) is 0 Å². The first kappa shape index (κ1) is 23.5. The van der Waals surface area contributed by atoms with Crippen LogP contribution >= 0.6 is 12.4 Å². The van der Waals surface area contributed by atoms with Crippen LogP contribution in [0, 0.1) is 0 Å². The van der Waals surface area contributed by atoms with E-state index in [9.17, 15) is 4.79 Å². The Kier molecular flexibility index (Phi) is 6.32. The highest BCUT2D eigenvalue weighted by molar-refractivity contribution is 6.12. The van der Waals surface area contributed by atoms with E-state index in [1.54, 1.807) is 14.2 Å². The molecule has 0 unspecified atom stereocenters. The van der Waals surface area contributed by atoms with E-state index in [4.69, 9.17) is 18.9 Å². The number of ether oxygens (including phenoxy) is 4. The summed E-state index contributed by atoms with van der Waals surface area (Å²) in [6, 6.07) is 12.3. The number of benzene rings is 3. The molecule has 0 aliphatic carbocycles. The first-order valence-electron chi connectivity index (χ1n) is 11.5. The van der Waals surface area contributed by atoms with Gasteiger partial charge in [-0.3, -0.25) is 4.90 Å². The van der Waals surface area contributed by atoms with E-state index in [-0.39, 0.29) is 25.0 Å². The number of aromatic nitrogens is 1. The Hall–Kier alpha value is -3.26. The Labute approximate surface area is 209 Å². The summed E-state index contributed by atoms with van der Waals surface area (Å²) in [6.07, 6.45) is 2.08. The molecule has 3 heterocycles. The summed E-state index contributed by atoms with van der Waals surface area (Å²) in [5, 5.41) is 3.09. The minimum Gasteiger partial charge on any atom is -0.493 e. The predicted molar refractivity (Wildman–Crippen MR) is 137 cm³/mol. The van der Waals surface area contributed by atoms with E-state index < -0.39 is 0 Å². The van der Waals surface area contributed by atoms with Gasteiger partial charge in [-0.1, -0.05) is 12.1 Å². The van der Waals surface area contributed by atoms with Gasteiger partial charge in [0, 0.05) is 47.9 Å². The molecule has 2 aliphatic rings. The molecule has 182 valence electrons. The van der Waals surface area contributed by atoms with Gasteiger partial charge < -0.3 is 23.9 Å². The van der Waals surface area contributed by atoms with Crippen LogP contribution in [0.25, 0.3) is 32.8 Å². The summed E-state index contributed by atoms with van der Waals surface area (Å²) in [6.45, 7) is 4.61. The van der Waals surface area contributed by atoms with Crippen molar-refractivity contribution >= 4 is 40.1 Å². The number of cyclic esters (lactones) is 1. The number of hydrogen-bond donors (Lipinski definition) is 1. The number of methoxy groups -OCH3 is 2. The average molecular weight is 495 g/mol. The zero-order valence-electron chi connectivity index (χ0n) is 19.7. The van der Waals surface area contributed by atoms with Gasteiger partial charge in [0.05, 0.1) is 33.0 Å². The zero-order valence-corrected chi connectivity index (χ0v) is 20.5. The Morgan fingerprint density at radius 2 is 1.74 bits per heavy atom. The second-order valence-corrected chi connectivity index (χ2v) is 8.75. The lowest BCUT2D eigenvalue weighted by atomic mass is 9.90.